The second-order valence-electron chi connectivity index (χ2n) is 30.9. The SMILES string of the molecule is CC/C=C\C/C=C\C/C=C\C/C=C\C/C=C\C/C=C\C/C=C\C/C=C\C/C=C\C/C=C\CCCCCCCCCCCCC(=O)OC(COC(=O)CCCCCCCCCCCCCCCCCCCCCCCCCCCCCCC/C=C\C/C=C\CCCCCCC)COP(=O)([O-])OCC[N+](C)(C)C. The first-order valence-electron chi connectivity index (χ1n) is 44.5. The third-order valence-electron chi connectivity index (χ3n) is 19.3. The van der Waals surface area contributed by atoms with Gasteiger partial charge < -0.3 is 27.9 Å². The number of quaternary nitrogens is 1. The number of phosphoric acid groups is 1. The molecule has 0 bridgehead atoms. The second-order valence-corrected chi connectivity index (χ2v) is 32.3. The molecule has 2 unspecified atom stereocenters. The van der Waals surface area contributed by atoms with Crippen LogP contribution >= 0.6 is 7.82 Å². The normalized spacial score (nSPS) is 13.7. The van der Waals surface area contributed by atoms with Crippen molar-refractivity contribution >= 4 is 19.8 Å². The van der Waals surface area contributed by atoms with Gasteiger partial charge in [0.25, 0.3) is 7.82 Å². The van der Waals surface area contributed by atoms with Crippen LogP contribution in [0.5, 0.6) is 0 Å². The summed E-state index contributed by atoms with van der Waals surface area (Å²) in [5.41, 5.74) is 0. The second kappa shape index (κ2) is 84.9. The number of esters is 2. The van der Waals surface area contributed by atoms with Gasteiger partial charge in [-0.25, -0.2) is 0 Å². The number of nitrogens with zero attached hydrogens (tertiary/aromatic N) is 1. The zero-order valence-corrected chi connectivity index (χ0v) is 70.7. The Morgan fingerprint density at radius 1 is 0.302 bits per heavy atom. The number of carbonyl (C=O) groups excluding carboxylic acids is 2. The highest BCUT2D eigenvalue weighted by Gasteiger charge is 2.22. The van der Waals surface area contributed by atoms with Crippen molar-refractivity contribution < 1.29 is 42.1 Å². The van der Waals surface area contributed by atoms with Gasteiger partial charge >= 0.3 is 11.9 Å². The first-order chi connectivity index (χ1) is 52.0. The van der Waals surface area contributed by atoms with Gasteiger partial charge in [-0.05, 0) is 122 Å². The molecule has 0 aromatic heterocycles. The highest BCUT2D eigenvalue weighted by Crippen LogP contribution is 2.38. The topological polar surface area (TPSA) is 111 Å². The molecule has 0 fully saturated rings. The van der Waals surface area contributed by atoms with Crippen LogP contribution in [0.25, 0.3) is 0 Å². The lowest BCUT2D eigenvalue weighted by atomic mass is 10.0. The number of phosphoric ester groups is 1. The van der Waals surface area contributed by atoms with Crippen LogP contribution in [0.2, 0.25) is 0 Å². The van der Waals surface area contributed by atoms with E-state index in [1.54, 1.807) is 0 Å². The summed E-state index contributed by atoms with van der Waals surface area (Å²) >= 11 is 0. The molecule has 0 saturated carbocycles. The summed E-state index contributed by atoms with van der Waals surface area (Å²) in [6, 6.07) is 0. The molecule has 2 atom stereocenters. The molecule has 0 aromatic rings. The van der Waals surface area contributed by atoms with Crippen LogP contribution in [0.15, 0.2) is 146 Å². The number of rotatable bonds is 82. The van der Waals surface area contributed by atoms with Crippen molar-refractivity contribution in [3.05, 3.63) is 146 Å². The van der Waals surface area contributed by atoms with Crippen molar-refractivity contribution in [2.45, 2.75) is 405 Å². The van der Waals surface area contributed by atoms with Crippen LogP contribution in [0, 0.1) is 0 Å². The molecule has 0 saturated heterocycles. The van der Waals surface area contributed by atoms with Gasteiger partial charge in [-0.1, -0.05) is 410 Å². The summed E-state index contributed by atoms with van der Waals surface area (Å²) < 4.78 is 34.5. The number of carbonyl (C=O) groups is 2. The molecular weight excluding hydrogens is 1330 g/mol. The number of unbranched alkanes of at least 4 members (excludes halogenated alkanes) is 44. The van der Waals surface area contributed by atoms with Crippen molar-refractivity contribution in [2.75, 3.05) is 47.5 Å². The fourth-order valence-electron chi connectivity index (χ4n) is 12.6. The molecule has 106 heavy (non-hydrogen) atoms. The number of likely N-dealkylation sites (N-methyl/N-ethyl adjacent to an activating group) is 1. The van der Waals surface area contributed by atoms with Gasteiger partial charge in [0.1, 0.15) is 19.8 Å². The molecule has 0 rings (SSSR count). The first-order valence-corrected chi connectivity index (χ1v) is 46.0. The molecule has 0 aliphatic rings. The lowest BCUT2D eigenvalue weighted by Gasteiger charge is -2.28. The minimum atomic E-state index is -4.66. The molecular formula is C96H168NO8P. The molecule has 610 valence electrons. The molecule has 9 nitrogen and oxygen atoms in total. The van der Waals surface area contributed by atoms with Gasteiger partial charge in [-0.2, -0.15) is 0 Å². The largest absolute Gasteiger partial charge is 0.756 e. The number of ether oxygens (including phenoxy) is 2. The van der Waals surface area contributed by atoms with Gasteiger partial charge in [-0.3, -0.25) is 14.2 Å². The highest BCUT2D eigenvalue weighted by atomic mass is 31.2. The van der Waals surface area contributed by atoms with E-state index >= 15 is 0 Å². The third-order valence-corrected chi connectivity index (χ3v) is 20.3. The molecule has 0 spiro atoms. The fourth-order valence-corrected chi connectivity index (χ4v) is 13.3. The Hall–Kier alpha value is -4.11. The van der Waals surface area contributed by atoms with Gasteiger partial charge in [0.05, 0.1) is 27.7 Å². The van der Waals surface area contributed by atoms with Crippen LogP contribution in [0.1, 0.15) is 399 Å². The maximum Gasteiger partial charge on any atom is 0.306 e. The van der Waals surface area contributed by atoms with Crippen LogP contribution in [0.3, 0.4) is 0 Å². The number of allylic oxidation sites excluding steroid dienone is 24. The van der Waals surface area contributed by atoms with E-state index in [1.807, 2.05) is 21.1 Å². The summed E-state index contributed by atoms with van der Waals surface area (Å²) in [5.74, 6) is -0.829. The molecule has 0 radical (unpaired) electrons. The van der Waals surface area contributed by atoms with Gasteiger partial charge in [0, 0.05) is 12.8 Å². The van der Waals surface area contributed by atoms with Crippen molar-refractivity contribution in [1.29, 1.82) is 0 Å². The molecule has 10 heteroatoms. The minimum absolute atomic E-state index is 0.0355. The Balaban J connectivity index is 3.94. The Morgan fingerprint density at radius 2 is 0.538 bits per heavy atom. The van der Waals surface area contributed by atoms with Gasteiger partial charge in [0.15, 0.2) is 6.10 Å². The summed E-state index contributed by atoms with van der Waals surface area (Å²) in [4.78, 5) is 38.3. The Bertz CT molecular complexity index is 2310. The first kappa shape index (κ1) is 102. The molecule has 0 amide bonds. The lowest BCUT2D eigenvalue weighted by Crippen LogP contribution is -2.37. The Morgan fingerprint density at radius 3 is 0.802 bits per heavy atom. The van der Waals surface area contributed by atoms with Crippen molar-refractivity contribution in [2.24, 2.45) is 0 Å². The van der Waals surface area contributed by atoms with Crippen molar-refractivity contribution in [3.63, 3.8) is 0 Å². The van der Waals surface area contributed by atoms with Gasteiger partial charge in [-0.15, -0.1) is 0 Å². The molecule has 0 aliphatic heterocycles. The highest BCUT2D eigenvalue weighted by molar-refractivity contribution is 7.45. The van der Waals surface area contributed by atoms with E-state index in [1.165, 1.54) is 250 Å². The monoisotopic (exact) mass is 1490 g/mol. The average molecular weight is 1500 g/mol. The van der Waals surface area contributed by atoms with Crippen LogP contribution in [-0.2, 0) is 32.7 Å². The van der Waals surface area contributed by atoms with Crippen molar-refractivity contribution in [1.82, 2.24) is 0 Å². The standard InChI is InChI=1S/C96H168NO8P/c1-6-8-10-12-14-16-18-20-22-24-26-28-30-32-34-36-38-40-42-44-46-48-50-52-54-56-58-60-62-64-66-68-70-72-74-76-78-80-82-84-86-88-95(98)102-92-94(93-104-106(100,101)103-91-90-97(3,4)5)105-96(99)89-87-85-83-81-79-77-75-73-71-69-67-65-63-61-59-57-55-53-51-49-47-45-43-41-39-37-35-33-31-29-27-25-23-21-19-17-15-13-11-9-7-2/h9,11,15,17-18,20-21,23-24,26-27,29,33,35,39,41,45,47,51,53,57,59,63,65,94H,6-8,10,12-14,16,19,22,25,28,30-32,34,36-38,40,42-44,46,48-50,52,54-56,58,60-62,64,66-93H2,1-5H3/b11-9-,17-15-,20-18-,23-21-,26-24-,29-27-,35-33-,41-39-,47-45-,53-51-,59-57-,65-63-. The Labute approximate surface area is 656 Å². The van der Waals surface area contributed by atoms with Crippen LogP contribution < -0.4 is 4.89 Å². The zero-order chi connectivity index (χ0) is 76.8. The fraction of sp³-hybridized carbons (Fsp3) is 0.729. The summed E-state index contributed by atoms with van der Waals surface area (Å²) in [7, 11) is 1.16. The van der Waals surface area contributed by atoms with E-state index in [-0.39, 0.29) is 32.0 Å². The van der Waals surface area contributed by atoms with E-state index < -0.39 is 26.5 Å². The predicted octanol–water partition coefficient (Wildman–Crippen LogP) is 29.8. The smallest absolute Gasteiger partial charge is 0.306 e. The summed E-state index contributed by atoms with van der Waals surface area (Å²) in [6.07, 6.45) is 126. The van der Waals surface area contributed by atoms with E-state index in [4.69, 9.17) is 18.5 Å². The molecule has 0 N–H and O–H groups in total. The predicted molar refractivity (Wildman–Crippen MR) is 461 cm³/mol. The van der Waals surface area contributed by atoms with Crippen LogP contribution in [-0.4, -0.2) is 70.0 Å². The Kier molecular flexibility index (Phi) is 81.6. The number of hydrogen-bond donors (Lipinski definition) is 0. The van der Waals surface area contributed by atoms with E-state index in [0.29, 0.717) is 17.4 Å². The molecule has 0 aliphatic carbocycles. The lowest BCUT2D eigenvalue weighted by molar-refractivity contribution is -0.870. The van der Waals surface area contributed by atoms with Gasteiger partial charge in [0.2, 0.25) is 0 Å². The quantitative estimate of drug-likeness (QED) is 0.0195. The average Bonchev–Trinajstić information content (AvgIpc) is 0.908. The minimum Gasteiger partial charge on any atom is -0.756 e. The maximum absolute atomic E-state index is 12.9. The summed E-state index contributed by atoms with van der Waals surface area (Å²) in [6.45, 7) is 4.15. The third kappa shape index (κ3) is 88.8. The molecule has 0 heterocycles. The van der Waals surface area contributed by atoms with E-state index in [0.717, 1.165) is 116 Å². The summed E-state index contributed by atoms with van der Waals surface area (Å²) in [5, 5.41) is 0. The van der Waals surface area contributed by atoms with E-state index in [2.05, 4.69) is 160 Å². The molecule has 0 aromatic carbocycles. The van der Waals surface area contributed by atoms with E-state index in [9.17, 15) is 19.0 Å². The number of hydrogen-bond acceptors (Lipinski definition) is 8. The van der Waals surface area contributed by atoms with Crippen LogP contribution in [0.4, 0.5) is 0 Å². The maximum atomic E-state index is 12.9. The van der Waals surface area contributed by atoms with Crippen molar-refractivity contribution in [3.8, 4) is 0 Å². The zero-order valence-electron chi connectivity index (χ0n) is 69.8.